The van der Waals surface area contributed by atoms with Crippen LogP contribution in [0.15, 0.2) is 24.5 Å². The second-order valence-electron chi connectivity index (χ2n) is 4.44. The topological polar surface area (TPSA) is 50.9 Å². The Morgan fingerprint density at radius 1 is 1.44 bits per heavy atom. The summed E-state index contributed by atoms with van der Waals surface area (Å²) in [4.78, 5) is 4.12. The van der Waals surface area contributed by atoms with Gasteiger partial charge in [0.2, 0.25) is 0 Å². The third kappa shape index (κ3) is 4.29. The molecule has 1 aromatic heterocycles. The first-order valence-corrected chi connectivity index (χ1v) is 6.13. The van der Waals surface area contributed by atoms with E-state index < -0.39 is 0 Å². The number of nitrogens with one attached hydrogen (secondary N) is 1. The molecule has 0 fully saturated rings. The summed E-state index contributed by atoms with van der Waals surface area (Å²) in [6.45, 7) is 4.47. The van der Waals surface area contributed by atoms with Crippen molar-refractivity contribution in [2.45, 2.75) is 45.6 Å². The van der Waals surface area contributed by atoms with Crippen LogP contribution in [0.2, 0.25) is 0 Å². The number of nitrogens with zero attached hydrogens (tertiary/aromatic N) is 1. The predicted octanol–water partition coefficient (Wildman–Crippen LogP) is 2.28. The quantitative estimate of drug-likeness (QED) is 0.548. The van der Waals surface area contributed by atoms with E-state index in [1.54, 1.807) is 0 Å². The summed E-state index contributed by atoms with van der Waals surface area (Å²) in [6, 6.07) is 4.50. The Morgan fingerprint density at radius 3 is 2.81 bits per heavy atom. The molecule has 2 atom stereocenters. The molecule has 0 aliphatic rings. The molecule has 0 spiro atoms. The highest BCUT2D eigenvalue weighted by Crippen LogP contribution is 2.15. The minimum Gasteiger partial charge on any atom is -0.271 e. The van der Waals surface area contributed by atoms with Gasteiger partial charge in [0.05, 0.1) is 0 Å². The fourth-order valence-electron chi connectivity index (χ4n) is 2.06. The molecule has 0 aromatic carbocycles. The highest BCUT2D eigenvalue weighted by molar-refractivity contribution is 5.08. The number of nitrogens with two attached hydrogens (primary N) is 1. The molecular formula is C13H23N3. The molecule has 1 aromatic rings. The number of aromatic nitrogens is 1. The van der Waals surface area contributed by atoms with E-state index in [1.807, 2.05) is 18.5 Å². The lowest BCUT2D eigenvalue weighted by Crippen LogP contribution is -2.40. The van der Waals surface area contributed by atoms with E-state index in [1.165, 1.54) is 18.4 Å². The zero-order valence-corrected chi connectivity index (χ0v) is 10.3. The smallest absolute Gasteiger partial charge is 0.0299 e. The highest BCUT2D eigenvalue weighted by atomic mass is 15.2. The van der Waals surface area contributed by atoms with Gasteiger partial charge < -0.3 is 0 Å². The highest BCUT2D eigenvalue weighted by Gasteiger charge is 2.14. The third-order valence-electron chi connectivity index (χ3n) is 3.11. The maximum Gasteiger partial charge on any atom is 0.0299 e. The zero-order valence-electron chi connectivity index (χ0n) is 10.3. The molecule has 1 rings (SSSR count). The van der Waals surface area contributed by atoms with Crippen molar-refractivity contribution in [1.82, 2.24) is 10.4 Å². The van der Waals surface area contributed by atoms with Gasteiger partial charge in [-0.25, -0.2) is 0 Å². The van der Waals surface area contributed by atoms with Gasteiger partial charge in [-0.15, -0.1) is 0 Å². The molecule has 0 aliphatic heterocycles. The number of rotatable bonds is 7. The average Bonchev–Trinajstić information content (AvgIpc) is 2.31. The molecule has 2 unspecified atom stereocenters. The van der Waals surface area contributed by atoms with Crippen LogP contribution in [-0.4, -0.2) is 11.0 Å². The summed E-state index contributed by atoms with van der Waals surface area (Å²) in [6.07, 6.45) is 8.29. The maximum atomic E-state index is 5.60. The monoisotopic (exact) mass is 221 g/mol. The van der Waals surface area contributed by atoms with E-state index >= 15 is 0 Å². The van der Waals surface area contributed by atoms with Gasteiger partial charge in [-0.05, 0) is 36.8 Å². The zero-order chi connectivity index (χ0) is 11.8. The van der Waals surface area contributed by atoms with Crippen LogP contribution in [0.4, 0.5) is 0 Å². The predicted molar refractivity (Wildman–Crippen MR) is 67.7 cm³/mol. The van der Waals surface area contributed by atoms with Gasteiger partial charge in [0.25, 0.3) is 0 Å². The fourth-order valence-corrected chi connectivity index (χ4v) is 2.06. The molecule has 0 radical (unpaired) electrons. The van der Waals surface area contributed by atoms with Crippen molar-refractivity contribution in [2.24, 2.45) is 11.8 Å². The molecule has 3 nitrogen and oxygen atoms in total. The van der Waals surface area contributed by atoms with E-state index in [0.29, 0.717) is 12.0 Å². The Morgan fingerprint density at radius 2 is 2.25 bits per heavy atom. The first-order valence-electron chi connectivity index (χ1n) is 6.13. The Hall–Kier alpha value is -0.930. The molecule has 0 amide bonds. The van der Waals surface area contributed by atoms with Crippen molar-refractivity contribution in [3.05, 3.63) is 30.1 Å². The molecule has 1 heterocycles. The van der Waals surface area contributed by atoms with Crippen molar-refractivity contribution in [3.63, 3.8) is 0 Å². The Labute approximate surface area is 98.4 Å². The van der Waals surface area contributed by atoms with Crippen LogP contribution in [0.1, 0.15) is 38.7 Å². The normalized spacial score (nSPS) is 14.7. The summed E-state index contributed by atoms with van der Waals surface area (Å²) in [7, 11) is 0. The minimum absolute atomic E-state index is 0.403. The van der Waals surface area contributed by atoms with Crippen LogP contribution in [0, 0.1) is 5.92 Å². The largest absolute Gasteiger partial charge is 0.271 e. The van der Waals surface area contributed by atoms with Crippen molar-refractivity contribution >= 4 is 0 Å². The SMILES string of the molecule is CCCC(C)C(CCc1cccnc1)NN. The van der Waals surface area contributed by atoms with Crippen LogP contribution in [0.3, 0.4) is 0 Å². The number of pyridine rings is 1. The lowest BCUT2D eigenvalue weighted by atomic mass is 9.92. The number of hydrazine groups is 1. The van der Waals surface area contributed by atoms with Gasteiger partial charge in [0.1, 0.15) is 0 Å². The van der Waals surface area contributed by atoms with Crippen molar-refractivity contribution in [3.8, 4) is 0 Å². The van der Waals surface area contributed by atoms with Crippen LogP contribution >= 0.6 is 0 Å². The second kappa shape index (κ2) is 7.36. The molecule has 0 aliphatic carbocycles. The first-order chi connectivity index (χ1) is 7.77. The van der Waals surface area contributed by atoms with E-state index in [2.05, 4.69) is 30.3 Å². The number of hydrogen-bond donors (Lipinski definition) is 2. The molecule has 0 saturated heterocycles. The molecule has 0 bridgehead atoms. The van der Waals surface area contributed by atoms with Crippen LogP contribution in [0.25, 0.3) is 0 Å². The van der Waals surface area contributed by atoms with E-state index in [-0.39, 0.29) is 0 Å². The van der Waals surface area contributed by atoms with Gasteiger partial charge in [0, 0.05) is 18.4 Å². The van der Waals surface area contributed by atoms with Gasteiger partial charge in [-0.3, -0.25) is 16.3 Å². The molecule has 16 heavy (non-hydrogen) atoms. The lowest BCUT2D eigenvalue weighted by molar-refractivity contribution is 0.341. The summed E-state index contributed by atoms with van der Waals surface area (Å²) in [5.74, 6) is 6.23. The number of aryl methyl sites for hydroxylation is 1. The Balaban J connectivity index is 2.39. The van der Waals surface area contributed by atoms with Crippen LogP contribution in [0.5, 0.6) is 0 Å². The van der Waals surface area contributed by atoms with Crippen molar-refractivity contribution in [2.75, 3.05) is 0 Å². The molecule has 0 saturated carbocycles. The Bertz CT molecular complexity index is 274. The first kappa shape index (κ1) is 13.1. The summed E-state index contributed by atoms with van der Waals surface area (Å²) in [5.41, 5.74) is 4.22. The Kier molecular flexibility index (Phi) is 6.04. The second-order valence-corrected chi connectivity index (χ2v) is 4.44. The molecular weight excluding hydrogens is 198 g/mol. The molecule has 90 valence electrons. The summed E-state index contributed by atoms with van der Waals surface area (Å²) in [5, 5.41) is 0. The van der Waals surface area contributed by atoms with E-state index in [9.17, 15) is 0 Å². The standard InChI is InChI=1S/C13H23N3/c1-3-5-11(2)13(16-14)8-7-12-6-4-9-15-10-12/h4,6,9-11,13,16H,3,5,7-8,14H2,1-2H3. The van der Waals surface area contributed by atoms with E-state index in [4.69, 9.17) is 5.84 Å². The number of hydrogen-bond acceptors (Lipinski definition) is 3. The lowest BCUT2D eigenvalue weighted by Gasteiger charge is -2.22. The molecule has 3 heteroatoms. The van der Waals surface area contributed by atoms with Crippen molar-refractivity contribution < 1.29 is 0 Å². The minimum atomic E-state index is 0.403. The average molecular weight is 221 g/mol. The van der Waals surface area contributed by atoms with Crippen molar-refractivity contribution in [1.29, 1.82) is 0 Å². The van der Waals surface area contributed by atoms with Gasteiger partial charge in [-0.1, -0.05) is 26.3 Å². The van der Waals surface area contributed by atoms with Gasteiger partial charge in [-0.2, -0.15) is 0 Å². The fraction of sp³-hybridized carbons (Fsp3) is 0.615. The van der Waals surface area contributed by atoms with Gasteiger partial charge >= 0.3 is 0 Å². The molecule has 3 N–H and O–H groups in total. The summed E-state index contributed by atoms with van der Waals surface area (Å²) >= 11 is 0. The van der Waals surface area contributed by atoms with E-state index in [0.717, 1.165) is 12.8 Å². The van der Waals surface area contributed by atoms with Crippen LogP contribution in [-0.2, 0) is 6.42 Å². The summed E-state index contributed by atoms with van der Waals surface area (Å²) < 4.78 is 0. The third-order valence-corrected chi connectivity index (χ3v) is 3.11. The van der Waals surface area contributed by atoms with Crippen LogP contribution < -0.4 is 11.3 Å². The maximum absolute atomic E-state index is 5.60. The van der Waals surface area contributed by atoms with Gasteiger partial charge in [0.15, 0.2) is 0 Å².